The summed E-state index contributed by atoms with van der Waals surface area (Å²) in [5.74, 6) is -0.322. The summed E-state index contributed by atoms with van der Waals surface area (Å²) in [6.45, 7) is 2.38. The van der Waals surface area contributed by atoms with Gasteiger partial charge in [-0.1, -0.05) is 11.6 Å². The van der Waals surface area contributed by atoms with Crippen molar-refractivity contribution >= 4 is 46.9 Å². The third kappa shape index (κ3) is 4.41. The van der Waals surface area contributed by atoms with E-state index in [0.29, 0.717) is 34.3 Å². The number of piperidine rings is 1. The van der Waals surface area contributed by atoms with Crippen molar-refractivity contribution in [3.05, 3.63) is 52.8 Å². The Morgan fingerprint density at radius 1 is 1.42 bits per heavy atom. The molecule has 0 bridgehead atoms. The summed E-state index contributed by atoms with van der Waals surface area (Å²) in [5.41, 5.74) is 4.15. The van der Waals surface area contributed by atoms with Gasteiger partial charge in [0.25, 0.3) is 5.91 Å². The highest BCUT2D eigenvalue weighted by atomic mass is 35.5. The van der Waals surface area contributed by atoms with Crippen LogP contribution in [0.3, 0.4) is 0 Å². The van der Waals surface area contributed by atoms with Gasteiger partial charge < -0.3 is 14.7 Å². The maximum Gasteiger partial charge on any atom is 0.256 e. The van der Waals surface area contributed by atoms with Crippen molar-refractivity contribution in [2.75, 3.05) is 12.0 Å². The van der Waals surface area contributed by atoms with Gasteiger partial charge in [-0.25, -0.2) is 14.4 Å². The molecule has 1 aliphatic heterocycles. The predicted octanol–water partition coefficient (Wildman–Crippen LogP) is 4.47. The Bertz CT molecular complexity index is 1160. The number of hydrazone groups is 1. The molecule has 0 spiro atoms. The average Bonchev–Trinajstić information content (AvgIpc) is 3.17. The normalized spacial score (nSPS) is 19.1. The van der Waals surface area contributed by atoms with Crippen LogP contribution in [0, 0.1) is 11.2 Å². The largest absolute Gasteiger partial charge is 0.422 e. The monoisotopic (exact) mass is 442 g/mol. The van der Waals surface area contributed by atoms with Crippen LogP contribution in [0.15, 0.2) is 40.0 Å². The van der Waals surface area contributed by atoms with Gasteiger partial charge in [0, 0.05) is 25.0 Å². The first-order valence-corrected chi connectivity index (χ1v) is 10.1. The van der Waals surface area contributed by atoms with E-state index in [2.05, 4.69) is 20.5 Å². The molecule has 2 N–H and O–H groups in total. The van der Waals surface area contributed by atoms with Gasteiger partial charge in [0.15, 0.2) is 0 Å². The maximum absolute atomic E-state index is 13.8. The van der Waals surface area contributed by atoms with E-state index in [0.717, 1.165) is 19.1 Å². The quantitative estimate of drug-likeness (QED) is 0.447. The number of amides is 1. The molecule has 1 aliphatic rings. The number of benzene rings is 1. The number of rotatable bonds is 5. The van der Waals surface area contributed by atoms with Crippen molar-refractivity contribution in [1.29, 1.82) is 5.41 Å². The molecule has 1 aromatic carbocycles. The summed E-state index contributed by atoms with van der Waals surface area (Å²) in [4.78, 5) is 23.8. The van der Waals surface area contributed by atoms with Crippen LogP contribution in [0.2, 0.25) is 5.02 Å². The van der Waals surface area contributed by atoms with Crippen molar-refractivity contribution < 1.29 is 13.6 Å². The van der Waals surface area contributed by atoms with Crippen molar-refractivity contribution in [1.82, 2.24) is 14.9 Å². The zero-order chi connectivity index (χ0) is 22.0. The topological polar surface area (TPSA) is 107 Å². The van der Waals surface area contributed by atoms with Crippen molar-refractivity contribution in [2.24, 2.45) is 5.10 Å². The lowest BCUT2D eigenvalue weighted by atomic mass is 9.92. The Kier molecular flexibility index (Phi) is 5.94. The summed E-state index contributed by atoms with van der Waals surface area (Å²) in [6, 6.07) is 5.56. The second kappa shape index (κ2) is 8.81. The summed E-state index contributed by atoms with van der Waals surface area (Å²) >= 11 is 5.98. The minimum Gasteiger partial charge on any atom is -0.422 e. The lowest BCUT2D eigenvalue weighted by molar-refractivity contribution is 0.0598. The van der Waals surface area contributed by atoms with E-state index in [1.165, 1.54) is 30.6 Å². The number of anilines is 1. The Labute approximate surface area is 182 Å². The summed E-state index contributed by atoms with van der Waals surface area (Å²) in [5, 5.41) is 11.3. The molecule has 0 radical (unpaired) electrons. The van der Waals surface area contributed by atoms with Crippen LogP contribution in [0.1, 0.15) is 41.9 Å². The first-order chi connectivity index (χ1) is 15.0. The molecule has 3 heterocycles. The van der Waals surface area contributed by atoms with E-state index in [9.17, 15) is 9.18 Å². The fourth-order valence-corrected chi connectivity index (χ4v) is 3.83. The third-order valence-electron chi connectivity index (χ3n) is 5.27. The van der Waals surface area contributed by atoms with Crippen LogP contribution in [0.5, 0.6) is 0 Å². The molecule has 2 aromatic heterocycles. The molecule has 160 valence electrons. The van der Waals surface area contributed by atoms with Gasteiger partial charge in [-0.05, 0) is 44.0 Å². The number of nitrogens with one attached hydrogen (secondary N) is 2. The predicted molar refractivity (Wildman–Crippen MR) is 117 cm³/mol. The molecule has 1 saturated heterocycles. The van der Waals surface area contributed by atoms with Crippen LogP contribution < -0.4 is 5.43 Å². The number of likely N-dealkylation sites (tertiary alicyclic amines) is 1. The molecule has 10 heteroatoms. The lowest BCUT2D eigenvalue weighted by Gasteiger charge is -2.37. The van der Waals surface area contributed by atoms with Crippen LogP contribution in [0.4, 0.5) is 10.1 Å². The first-order valence-electron chi connectivity index (χ1n) is 9.77. The first kappa shape index (κ1) is 20.9. The van der Waals surface area contributed by atoms with Crippen molar-refractivity contribution in [2.45, 2.75) is 31.7 Å². The maximum atomic E-state index is 13.8. The highest BCUT2D eigenvalue weighted by Gasteiger charge is 2.33. The van der Waals surface area contributed by atoms with Crippen LogP contribution >= 0.6 is 11.6 Å². The highest BCUT2D eigenvalue weighted by molar-refractivity contribution is 6.30. The van der Waals surface area contributed by atoms with Crippen LogP contribution in [-0.4, -0.2) is 45.8 Å². The second-order valence-electron chi connectivity index (χ2n) is 7.36. The molecule has 0 saturated carbocycles. The van der Waals surface area contributed by atoms with Gasteiger partial charge >= 0.3 is 0 Å². The van der Waals surface area contributed by atoms with Crippen LogP contribution in [-0.2, 0) is 0 Å². The minimum absolute atomic E-state index is 0.0105. The molecular weight excluding hydrogens is 423 g/mol. The fourth-order valence-electron chi connectivity index (χ4n) is 3.68. The molecule has 1 amide bonds. The Hall–Kier alpha value is -3.33. The molecule has 3 aromatic rings. The standard InChI is InChI=1S/C21H20ClFN6O2/c1-12-2-3-13(19-27-18-8-14(22)10-25-20(18)31-19)11-29(12)21(30)16-5-4-15(23)9-17(16)28-26-7-6-24/h4-10,12-13,24,28H,2-3,11H2,1H3/b24-6?,26-7-/t12-,13-/m1/s1. The van der Waals surface area contributed by atoms with E-state index >= 15 is 0 Å². The van der Waals surface area contributed by atoms with E-state index in [4.69, 9.17) is 21.4 Å². The average molecular weight is 443 g/mol. The molecule has 1 fully saturated rings. The fraction of sp³-hybridized carbons (Fsp3) is 0.286. The van der Waals surface area contributed by atoms with Gasteiger partial charge in [-0.2, -0.15) is 5.10 Å². The summed E-state index contributed by atoms with van der Waals surface area (Å²) < 4.78 is 19.6. The molecule has 4 rings (SSSR count). The van der Waals surface area contributed by atoms with Gasteiger partial charge in [0.2, 0.25) is 11.6 Å². The zero-order valence-electron chi connectivity index (χ0n) is 16.7. The third-order valence-corrected chi connectivity index (χ3v) is 5.48. The highest BCUT2D eigenvalue weighted by Crippen LogP contribution is 2.33. The Morgan fingerprint density at radius 3 is 3.06 bits per heavy atom. The van der Waals surface area contributed by atoms with Gasteiger partial charge in [-0.3, -0.25) is 10.2 Å². The van der Waals surface area contributed by atoms with E-state index in [1.54, 1.807) is 11.0 Å². The number of carbonyl (C=O) groups is 1. The minimum atomic E-state index is -0.494. The zero-order valence-corrected chi connectivity index (χ0v) is 17.4. The molecule has 0 aliphatic carbocycles. The molecule has 0 unspecified atom stereocenters. The number of pyridine rings is 1. The van der Waals surface area contributed by atoms with Crippen molar-refractivity contribution in [3.8, 4) is 0 Å². The van der Waals surface area contributed by atoms with E-state index < -0.39 is 5.82 Å². The van der Waals surface area contributed by atoms with Gasteiger partial charge in [-0.15, -0.1) is 0 Å². The number of carbonyl (C=O) groups excluding carboxylic acids is 1. The Balaban J connectivity index is 1.60. The van der Waals surface area contributed by atoms with E-state index in [-0.39, 0.29) is 23.6 Å². The van der Waals surface area contributed by atoms with Gasteiger partial charge in [0.05, 0.1) is 28.4 Å². The summed E-state index contributed by atoms with van der Waals surface area (Å²) in [7, 11) is 0. The van der Waals surface area contributed by atoms with Crippen molar-refractivity contribution in [3.63, 3.8) is 0 Å². The van der Waals surface area contributed by atoms with Gasteiger partial charge in [0.1, 0.15) is 11.3 Å². The SMILES string of the molecule is C[C@@H]1CC[C@@H](c2nc3cc(Cl)cnc3o2)CN1C(=O)c1ccc(F)cc1N/N=C\C=N. The number of aromatic nitrogens is 2. The molecule has 8 nitrogen and oxygen atoms in total. The van der Waals surface area contributed by atoms with Crippen LogP contribution in [0.25, 0.3) is 11.2 Å². The number of halogens is 2. The molecule has 31 heavy (non-hydrogen) atoms. The lowest BCUT2D eigenvalue weighted by Crippen LogP contribution is -2.45. The van der Waals surface area contributed by atoms with E-state index in [1.807, 2.05) is 6.92 Å². The number of hydrogen-bond acceptors (Lipinski definition) is 7. The molecular formula is C21H20ClFN6O2. The number of fused-ring (bicyclic) bond motifs is 1. The summed E-state index contributed by atoms with van der Waals surface area (Å²) in [6.07, 6.45) is 5.25. The second-order valence-corrected chi connectivity index (χ2v) is 7.79. The number of oxazole rings is 1. The number of hydrogen-bond donors (Lipinski definition) is 2. The smallest absolute Gasteiger partial charge is 0.256 e. The molecule has 2 atom stereocenters. The Morgan fingerprint density at radius 2 is 2.26 bits per heavy atom. The number of nitrogens with zero attached hydrogens (tertiary/aromatic N) is 4.